The third-order valence-electron chi connectivity index (χ3n) is 3.93. The van der Waals surface area contributed by atoms with Crippen LogP contribution in [0.25, 0.3) is 0 Å². The molecular formula is C20H24N2O6S. The van der Waals surface area contributed by atoms with Gasteiger partial charge in [-0.15, -0.1) is 0 Å². The van der Waals surface area contributed by atoms with E-state index in [0.29, 0.717) is 18.0 Å². The minimum atomic E-state index is -3.57. The molecule has 29 heavy (non-hydrogen) atoms. The summed E-state index contributed by atoms with van der Waals surface area (Å²) in [5.41, 5.74) is 0.543. The maximum Gasteiger partial charge on any atom is 0.339 e. The fourth-order valence-corrected chi connectivity index (χ4v) is 3.47. The average molecular weight is 420 g/mol. The van der Waals surface area contributed by atoms with E-state index in [0.717, 1.165) is 12.8 Å². The lowest BCUT2D eigenvalue weighted by molar-refractivity contribution is -0.118. The van der Waals surface area contributed by atoms with Gasteiger partial charge in [0.1, 0.15) is 5.75 Å². The molecule has 0 bridgehead atoms. The van der Waals surface area contributed by atoms with Crippen LogP contribution in [0.5, 0.6) is 5.75 Å². The normalized spacial score (nSPS) is 11.0. The standard InChI is InChI=1S/C20H24N2O6S/c1-3-4-13-21-29(25,26)16-11-9-15(10-12-16)28-14-19(23)22-18-8-6-5-7-17(18)20(24)27-2/h5-12,21H,3-4,13-14H2,1-2H3,(H,22,23). The second-order valence-electron chi connectivity index (χ2n) is 6.10. The summed E-state index contributed by atoms with van der Waals surface area (Å²) < 4.78 is 36.9. The molecule has 0 aliphatic rings. The number of nitrogens with one attached hydrogen (secondary N) is 2. The molecule has 9 heteroatoms. The molecule has 0 heterocycles. The third-order valence-corrected chi connectivity index (χ3v) is 5.41. The number of carbonyl (C=O) groups excluding carboxylic acids is 2. The van der Waals surface area contributed by atoms with Gasteiger partial charge in [0.25, 0.3) is 5.91 Å². The number of ether oxygens (including phenoxy) is 2. The van der Waals surface area contributed by atoms with Crippen molar-refractivity contribution in [3.8, 4) is 5.75 Å². The van der Waals surface area contributed by atoms with Crippen LogP contribution in [-0.2, 0) is 19.6 Å². The lowest BCUT2D eigenvalue weighted by Crippen LogP contribution is -2.24. The Morgan fingerprint density at radius 2 is 1.72 bits per heavy atom. The molecule has 0 saturated heterocycles. The van der Waals surface area contributed by atoms with Crippen LogP contribution in [-0.4, -0.2) is 40.6 Å². The number of esters is 1. The predicted octanol–water partition coefficient (Wildman–Crippen LogP) is 2.57. The number of unbranched alkanes of at least 4 members (excludes halogenated alkanes) is 1. The fraction of sp³-hybridized carbons (Fsp3) is 0.300. The SMILES string of the molecule is CCCCNS(=O)(=O)c1ccc(OCC(=O)Nc2ccccc2C(=O)OC)cc1. The van der Waals surface area contributed by atoms with E-state index in [-0.39, 0.29) is 17.1 Å². The molecule has 8 nitrogen and oxygen atoms in total. The van der Waals surface area contributed by atoms with Gasteiger partial charge in [-0.05, 0) is 42.8 Å². The molecule has 0 radical (unpaired) electrons. The van der Waals surface area contributed by atoms with E-state index in [2.05, 4.69) is 14.8 Å². The summed E-state index contributed by atoms with van der Waals surface area (Å²) >= 11 is 0. The highest BCUT2D eigenvalue weighted by Gasteiger charge is 2.15. The molecule has 0 spiro atoms. The molecule has 0 aliphatic heterocycles. The molecular weight excluding hydrogens is 396 g/mol. The molecule has 2 aromatic carbocycles. The van der Waals surface area contributed by atoms with Crippen molar-refractivity contribution in [1.82, 2.24) is 4.72 Å². The summed E-state index contributed by atoms with van der Waals surface area (Å²) in [6, 6.07) is 12.2. The van der Waals surface area contributed by atoms with Crippen molar-refractivity contribution in [2.75, 3.05) is 25.6 Å². The topological polar surface area (TPSA) is 111 Å². The van der Waals surface area contributed by atoms with E-state index in [1.54, 1.807) is 18.2 Å². The first-order valence-electron chi connectivity index (χ1n) is 9.07. The Labute approximate surface area is 170 Å². The van der Waals surface area contributed by atoms with E-state index in [9.17, 15) is 18.0 Å². The largest absolute Gasteiger partial charge is 0.484 e. The van der Waals surface area contributed by atoms with Crippen LogP contribution in [0.3, 0.4) is 0 Å². The molecule has 2 aromatic rings. The number of anilines is 1. The maximum absolute atomic E-state index is 12.1. The van der Waals surface area contributed by atoms with Gasteiger partial charge < -0.3 is 14.8 Å². The zero-order valence-corrected chi connectivity index (χ0v) is 17.1. The molecule has 1 amide bonds. The second kappa shape index (κ2) is 10.6. The molecule has 0 aromatic heterocycles. The van der Waals surface area contributed by atoms with Gasteiger partial charge >= 0.3 is 5.97 Å². The quantitative estimate of drug-likeness (QED) is 0.451. The van der Waals surface area contributed by atoms with Gasteiger partial charge in [0.15, 0.2) is 6.61 Å². The first kappa shape index (κ1) is 22.4. The fourth-order valence-electron chi connectivity index (χ4n) is 2.40. The van der Waals surface area contributed by atoms with Crippen molar-refractivity contribution in [3.63, 3.8) is 0 Å². The van der Waals surface area contributed by atoms with Crippen LogP contribution < -0.4 is 14.8 Å². The third kappa shape index (κ3) is 6.58. The van der Waals surface area contributed by atoms with Crippen LogP contribution in [0, 0.1) is 0 Å². The molecule has 0 unspecified atom stereocenters. The number of benzene rings is 2. The maximum atomic E-state index is 12.1. The summed E-state index contributed by atoms with van der Waals surface area (Å²) in [6.45, 7) is 2.05. The first-order chi connectivity index (χ1) is 13.9. The van der Waals surface area contributed by atoms with Crippen LogP contribution in [0.1, 0.15) is 30.1 Å². The molecule has 2 rings (SSSR count). The van der Waals surface area contributed by atoms with Gasteiger partial charge in [0.2, 0.25) is 10.0 Å². The van der Waals surface area contributed by atoms with Gasteiger partial charge in [-0.25, -0.2) is 17.9 Å². The Hall–Kier alpha value is -2.91. The van der Waals surface area contributed by atoms with Crippen molar-refractivity contribution < 1.29 is 27.5 Å². The second-order valence-corrected chi connectivity index (χ2v) is 7.86. The van der Waals surface area contributed by atoms with Crippen molar-refractivity contribution in [2.24, 2.45) is 0 Å². The van der Waals surface area contributed by atoms with Crippen molar-refractivity contribution >= 4 is 27.6 Å². The number of hydrogen-bond donors (Lipinski definition) is 2. The van der Waals surface area contributed by atoms with Gasteiger partial charge in [0, 0.05) is 6.54 Å². The minimum Gasteiger partial charge on any atom is -0.484 e. The van der Waals surface area contributed by atoms with Crippen LogP contribution in [0.15, 0.2) is 53.4 Å². The molecule has 0 atom stereocenters. The summed E-state index contributed by atoms with van der Waals surface area (Å²) in [5, 5.41) is 2.59. The Balaban J connectivity index is 1.94. The van der Waals surface area contributed by atoms with Crippen molar-refractivity contribution in [3.05, 3.63) is 54.1 Å². The molecule has 0 aliphatic carbocycles. The summed E-state index contributed by atoms with van der Waals surface area (Å²) in [6.07, 6.45) is 1.65. The van der Waals surface area contributed by atoms with Crippen LogP contribution >= 0.6 is 0 Å². The number of para-hydroxylation sites is 1. The van der Waals surface area contributed by atoms with E-state index >= 15 is 0 Å². The monoisotopic (exact) mass is 420 g/mol. The van der Waals surface area contributed by atoms with Crippen LogP contribution in [0.4, 0.5) is 5.69 Å². The Morgan fingerprint density at radius 3 is 2.38 bits per heavy atom. The minimum absolute atomic E-state index is 0.123. The van der Waals surface area contributed by atoms with Gasteiger partial charge in [0.05, 0.1) is 23.3 Å². The summed E-state index contributed by atoms with van der Waals surface area (Å²) in [4.78, 5) is 24.0. The highest BCUT2D eigenvalue weighted by Crippen LogP contribution is 2.18. The molecule has 156 valence electrons. The lowest BCUT2D eigenvalue weighted by Gasteiger charge is -2.11. The number of sulfonamides is 1. The van der Waals surface area contributed by atoms with E-state index in [1.165, 1.54) is 37.4 Å². The first-order valence-corrected chi connectivity index (χ1v) is 10.6. The van der Waals surface area contributed by atoms with Gasteiger partial charge in [-0.1, -0.05) is 25.5 Å². The predicted molar refractivity (Wildman–Crippen MR) is 108 cm³/mol. The molecule has 0 fully saturated rings. The van der Waals surface area contributed by atoms with Gasteiger partial charge in [-0.3, -0.25) is 4.79 Å². The van der Waals surface area contributed by atoms with Crippen molar-refractivity contribution in [2.45, 2.75) is 24.7 Å². The Kier molecular flexibility index (Phi) is 8.17. The van der Waals surface area contributed by atoms with E-state index in [4.69, 9.17) is 4.74 Å². The summed E-state index contributed by atoms with van der Waals surface area (Å²) in [7, 11) is -2.31. The zero-order chi connectivity index (χ0) is 21.3. The smallest absolute Gasteiger partial charge is 0.339 e. The average Bonchev–Trinajstić information content (AvgIpc) is 2.72. The number of rotatable bonds is 10. The number of hydrogen-bond acceptors (Lipinski definition) is 6. The summed E-state index contributed by atoms with van der Waals surface area (Å²) in [5.74, 6) is -0.695. The Bertz CT molecular complexity index is 942. The lowest BCUT2D eigenvalue weighted by atomic mass is 10.2. The molecule has 2 N–H and O–H groups in total. The highest BCUT2D eigenvalue weighted by molar-refractivity contribution is 7.89. The van der Waals surface area contributed by atoms with Gasteiger partial charge in [-0.2, -0.15) is 0 Å². The Morgan fingerprint density at radius 1 is 1.03 bits per heavy atom. The van der Waals surface area contributed by atoms with E-state index in [1.807, 2.05) is 6.92 Å². The number of amides is 1. The van der Waals surface area contributed by atoms with Crippen LogP contribution in [0.2, 0.25) is 0 Å². The zero-order valence-electron chi connectivity index (χ0n) is 16.3. The molecule has 0 saturated carbocycles. The highest BCUT2D eigenvalue weighted by atomic mass is 32.2. The van der Waals surface area contributed by atoms with E-state index < -0.39 is 21.9 Å². The number of methoxy groups -OCH3 is 1. The number of carbonyl (C=O) groups is 2. The van der Waals surface area contributed by atoms with Crippen molar-refractivity contribution in [1.29, 1.82) is 0 Å².